The first-order valence-electron chi connectivity index (χ1n) is 10.1. The first-order valence-corrected chi connectivity index (χ1v) is 11.6. The van der Waals surface area contributed by atoms with Crippen LogP contribution in [0.4, 0.5) is 5.69 Å². The average molecular weight is 432 g/mol. The fourth-order valence-electron chi connectivity index (χ4n) is 3.20. The van der Waals surface area contributed by atoms with Gasteiger partial charge in [-0.3, -0.25) is 9.69 Å². The Hall–Kier alpha value is -2.26. The van der Waals surface area contributed by atoms with Gasteiger partial charge >= 0.3 is 0 Å². The molecule has 0 radical (unpaired) electrons. The van der Waals surface area contributed by atoms with Crippen LogP contribution < -0.4 is 10.0 Å². The van der Waals surface area contributed by atoms with Gasteiger partial charge in [0.1, 0.15) is 0 Å². The van der Waals surface area contributed by atoms with E-state index in [2.05, 4.69) is 14.9 Å². The standard InChI is InChI=1S/C22H29N3O4S/c1-17(2)22(26)24-19-8-10-20(11-9-19)30(27,28)23-12-13-25-14-15-29-21(16-25)18-6-4-3-5-7-18/h3-11,17,21,23H,12-16H2,1-2H3,(H,24,26). The van der Waals surface area contributed by atoms with Crippen molar-refractivity contribution in [2.24, 2.45) is 5.92 Å². The normalized spacial score (nSPS) is 17.8. The summed E-state index contributed by atoms with van der Waals surface area (Å²) in [5.74, 6) is -0.250. The third-order valence-corrected chi connectivity index (χ3v) is 6.48. The summed E-state index contributed by atoms with van der Waals surface area (Å²) < 4.78 is 33.6. The quantitative estimate of drug-likeness (QED) is 0.671. The summed E-state index contributed by atoms with van der Waals surface area (Å²) in [5, 5.41) is 2.75. The molecule has 3 rings (SSSR count). The van der Waals surface area contributed by atoms with Crippen molar-refractivity contribution in [3.63, 3.8) is 0 Å². The van der Waals surface area contributed by atoms with E-state index in [9.17, 15) is 13.2 Å². The second kappa shape index (κ2) is 10.2. The molecule has 30 heavy (non-hydrogen) atoms. The molecule has 2 aromatic rings. The number of amides is 1. The molecule has 1 amide bonds. The summed E-state index contributed by atoms with van der Waals surface area (Å²) in [4.78, 5) is 14.1. The van der Waals surface area contributed by atoms with Gasteiger partial charge in [-0.2, -0.15) is 0 Å². The summed E-state index contributed by atoms with van der Waals surface area (Å²) in [7, 11) is -3.61. The molecule has 0 spiro atoms. The Labute approximate surface area is 178 Å². The molecule has 0 aromatic heterocycles. The van der Waals surface area contributed by atoms with E-state index in [1.165, 1.54) is 12.1 Å². The summed E-state index contributed by atoms with van der Waals surface area (Å²) >= 11 is 0. The van der Waals surface area contributed by atoms with Crippen LogP contribution in [0.2, 0.25) is 0 Å². The van der Waals surface area contributed by atoms with Crippen LogP contribution in [0.15, 0.2) is 59.5 Å². The SMILES string of the molecule is CC(C)C(=O)Nc1ccc(S(=O)(=O)NCCN2CCOC(c3ccccc3)C2)cc1. The highest BCUT2D eigenvalue weighted by Gasteiger charge is 2.22. The van der Waals surface area contributed by atoms with Crippen molar-refractivity contribution in [2.75, 3.05) is 38.1 Å². The largest absolute Gasteiger partial charge is 0.371 e. The molecule has 0 saturated carbocycles. The van der Waals surface area contributed by atoms with E-state index in [1.807, 2.05) is 30.3 Å². The molecule has 2 N–H and O–H groups in total. The van der Waals surface area contributed by atoms with Gasteiger partial charge in [-0.15, -0.1) is 0 Å². The molecule has 0 aliphatic carbocycles. The predicted molar refractivity (Wildman–Crippen MR) is 117 cm³/mol. The molecule has 7 nitrogen and oxygen atoms in total. The monoisotopic (exact) mass is 431 g/mol. The van der Waals surface area contributed by atoms with Crippen LogP contribution in [-0.2, 0) is 19.6 Å². The zero-order valence-corrected chi connectivity index (χ0v) is 18.2. The maximum atomic E-state index is 12.6. The van der Waals surface area contributed by atoms with E-state index in [4.69, 9.17) is 4.74 Å². The molecule has 1 atom stereocenters. The first-order chi connectivity index (χ1) is 14.3. The highest BCUT2D eigenvalue weighted by molar-refractivity contribution is 7.89. The number of carbonyl (C=O) groups is 1. The van der Waals surface area contributed by atoms with Crippen LogP contribution in [0.1, 0.15) is 25.5 Å². The second-order valence-corrected chi connectivity index (χ2v) is 9.40. The number of benzene rings is 2. The van der Waals surface area contributed by atoms with E-state index >= 15 is 0 Å². The number of hydrogen-bond donors (Lipinski definition) is 2. The van der Waals surface area contributed by atoms with Crippen LogP contribution in [0.25, 0.3) is 0 Å². The van der Waals surface area contributed by atoms with Gasteiger partial charge < -0.3 is 10.1 Å². The average Bonchev–Trinajstić information content (AvgIpc) is 2.75. The maximum Gasteiger partial charge on any atom is 0.240 e. The predicted octanol–water partition coefficient (Wildman–Crippen LogP) is 2.63. The first kappa shape index (κ1) is 22.4. The van der Waals surface area contributed by atoms with E-state index in [1.54, 1.807) is 26.0 Å². The van der Waals surface area contributed by atoms with Crippen LogP contribution in [0.3, 0.4) is 0 Å². The van der Waals surface area contributed by atoms with E-state index in [0.717, 1.165) is 18.7 Å². The van der Waals surface area contributed by atoms with E-state index in [-0.39, 0.29) is 22.8 Å². The highest BCUT2D eigenvalue weighted by atomic mass is 32.2. The van der Waals surface area contributed by atoms with Crippen molar-refractivity contribution in [1.82, 2.24) is 9.62 Å². The van der Waals surface area contributed by atoms with Crippen LogP contribution in [0.5, 0.6) is 0 Å². The lowest BCUT2D eigenvalue weighted by Crippen LogP contribution is -2.42. The zero-order valence-electron chi connectivity index (χ0n) is 17.4. The van der Waals surface area contributed by atoms with Gasteiger partial charge in [0.25, 0.3) is 0 Å². The molecule has 1 fully saturated rings. The Morgan fingerprint density at radius 1 is 1.13 bits per heavy atom. The summed E-state index contributed by atoms with van der Waals surface area (Å²) in [6.07, 6.45) is 0.00477. The van der Waals surface area contributed by atoms with Crippen molar-refractivity contribution >= 4 is 21.6 Å². The minimum atomic E-state index is -3.61. The number of sulfonamides is 1. The minimum Gasteiger partial charge on any atom is -0.371 e. The topological polar surface area (TPSA) is 87.7 Å². The van der Waals surface area contributed by atoms with Crippen molar-refractivity contribution in [3.05, 3.63) is 60.2 Å². The number of rotatable bonds is 8. The van der Waals surface area contributed by atoms with Crippen LogP contribution in [-0.4, -0.2) is 52.0 Å². The van der Waals surface area contributed by atoms with E-state index in [0.29, 0.717) is 25.4 Å². The lowest BCUT2D eigenvalue weighted by atomic mass is 10.1. The molecule has 2 aromatic carbocycles. The summed E-state index contributed by atoms with van der Waals surface area (Å²) in [6, 6.07) is 16.2. The molecule has 8 heteroatoms. The number of nitrogens with zero attached hydrogens (tertiary/aromatic N) is 1. The molecule has 1 aliphatic heterocycles. The number of nitrogens with one attached hydrogen (secondary N) is 2. The number of morpholine rings is 1. The lowest BCUT2D eigenvalue weighted by Gasteiger charge is -2.33. The molecule has 1 heterocycles. The van der Waals surface area contributed by atoms with Crippen LogP contribution in [0, 0.1) is 5.92 Å². The number of carbonyl (C=O) groups excluding carboxylic acids is 1. The summed E-state index contributed by atoms with van der Waals surface area (Å²) in [6.45, 7) is 6.65. The Bertz CT molecular complexity index is 931. The van der Waals surface area contributed by atoms with Gasteiger partial charge in [0.2, 0.25) is 15.9 Å². The Morgan fingerprint density at radius 2 is 1.83 bits per heavy atom. The molecular formula is C22H29N3O4S. The second-order valence-electron chi connectivity index (χ2n) is 7.64. The molecule has 1 unspecified atom stereocenters. The zero-order chi connectivity index (χ0) is 21.6. The van der Waals surface area contributed by atoms with Gasteiger partial charge in [0.05, 0.1) is 17.6 Å². The van der Waals surface area contributed by atoms with Crippen LogP contribution >= 0.6 is 0 Å². The van der Waals surface area contributed by atoms with Gasteiger partial charge in [-0.25, -0.2) is 13.1 Å². The van der Waals surface area contributed by atoms with Gasteiger partial charge in [-0.05, 0) is 29.8 Å². The van der Waals surface area contributed by atoms with Crippen molar-refractivity contribution < 1.29 is 17.9 Å². The van der Waals surface area contributed by atoms with Gasteiger partial charge in [-0.1, -0.05) is 44.2 Å². The lowest BCUT2D eigenvalue weighted by molar-refractivity contribution is -0.118. The van der Waals surface area contributed by atoms with Gasteiger partial charge in [0.15, 0.2) is 0 Å². The molecular weight excluding hydrogens is 402 g/mol. The Kier molecular flexibility index (Phi) is 7.60. The summed E-state index contributed by atoms with van der Waals surface area (Å²) in [5.41, 5.74) is 1.71. The van der Waals surface area contributed by atoms with Crippen molar-refractivity contribution in [3.8, 4) is 0 Å². The number of hydrogen-bond acceptors (Lipinski definition) is 5. The number of anilines is 1. The Morgan fingerprint density at radius 3 is 2.50 bits per heavy atom. The number of ether oxygens (including phenoxy) is 1. The van der Waals surface area contributed by atoms with Crippen molar-refractivity contribution in [1.29, 1.82) is 0 Å². The van der Waals surface area contributed by atoms with Crippen molar-refractivity contribution in [2.45, 2.75) is 24.8 Å². The smallest absolute Gasteiger partial charge is 0.240 e. The third-order valence-electron chi connectivity index (χ3n) is 5.00. The maximum absolute atomic E-state index is 12.6. The Balaban J connectivity index is 1.50. The molecule has 162 valence electrons. The fraction of sp³-hybridized carbons (Fsp3) is 0.409. The van der Waals surface area contributed by atoms with Gasteiger partial charge in [0, 0.05) is 37.8 Å². The molecule has 0 bridgehead atoms. The molecule has 1 saturated heterocycles. The minimum absolute atomic E-state index is 0.00477. The van der Waals surface area contributed by atoms with E-state index < -0.39 is 10.0 Å². The third kappa shape index (κ3) is 6.12. The molecule has 1 aliphatic rings. The highest BCUT2D eigenvalue weighted by Crippen LogP contribution is 2.21. The fourth-order valence-corrected chi connectivity index (χ4v) is 4.22.